The van der Waals surface area contributed by atoms with E-state index in [1.807, 2.05) is 18.9 Å². The van der Waals surface area contributed by atoms with Crippen LogP contribution in [0.25, 0.3) is 11.0 Å². The predicted octanol–water partition coefficient (Wildman–Crippen LogP) is 4.08. The molecule has 2 N–H and O–H groups in total. The number of halogens is 2. The van der Waals surface area contributed by atoms with Crippen LogP contribution >= 0.6 is 23.2 Å². The van der Waals surface area contributed by atoms with E-state index in [4.69, 9.17) is 32.4 Å². The molecule has 1 heterocycles. The summed E-state index contributed by atoms with van der Waals surface area (Å²) in [6.07, 6.45) is -0.553. The highest BCUT2D eigenvalue weighted by Crippen LogP contribution is 2.34. The monoisotopic (exact) mass is 570 g/mol. The highest BCUT2D eigenvalue weighted by molar-refractivity contribution is 7.90. The van der Waals surface area contributed by atoms with E-state index in [9.17, 15) is 18.0 Å². The first-order valence-corrected chi connectivity index (χ1v) is 13.4. The Kier molecular flexibility index (Phi) is 9.09. The standard InChI is InChI=1S/C24H28Cl2N4O6S/c1-6-30(5)13-17-15-11-18(25)21(36-24(32)29(3)4)12-20(15)35-23(31)16(17)10-14-8-7-9-19(22(14)26)28-37(33,34)27-2/h7-9,11-12,27-28H,6,10,13H2,1-5H3. The molecule has 0 aliphatic carbocycles. The van der Waals surface area contributed by atoms with Crippen molar-refractivity contribution in [3.05, 3.63) is 67.5 Å². The van der Waals surface area contributed by atoms with Crippen molar-refractivity contribution >= 4 is 56.2 Å². The lowest BCUT2D eigenvalue weighted by atomic mass is 9.97. The number of ether oxygens (including phenoxy) is 1. The Morgan fingerprint density at radius 3 is 2.46 bits per heavy atom. The van der Waals surface area contributed by atoms with Crippen LogP contribution in [-0.4, -0.2) is 59.0 Å². The fourth-order valence-electron chi connectivity index (χ4n) is 3.49. The molecular formula is C24H28Cl2N4O6S. The summed E-state index contributed by atoms with van der Waals surface area (Å²) in [6.45, 7) is 3.08. The molecule has 0 saturated carbocycles. The quantitative estimate of drug-likeness (QED) is 0.372. The van der Waals surface area contributed by atoms with Crippen LogP contribution in [0.15, 0.2) is 39.5 Å². The van der Waals surface area contributed by atoms with E-state index in [-0.39, 0.29) is 33.5 Å². The molecule has 1 aromatic heterocycles. The molecule has 0 unspecified atom stereocenters. The number of rotatable bonds is 9. The van der Waals surface area contributed by atoms with Gasteiger partial charge in [0.1, 0.15) is 5.58 Å². The topological polar surface area (TPSA) is 121 Å². The second-order valence-electron chi connectivity index (χ2n) is 8.48. The normalized spacial score (nSPS) is 11.7. The summed E-state index contributed by atoms with van der Waals surface area (Å²) in [6, 6.07) is 7.87. The number of hydrogen-bond acceptors (Lipinski definition) is 7. The second-order valence-corrected chi connectivity index (χ2v) is 10.9. The summed E-state index contributed by atoms with van der Waals surface area (Å²) in [5.41, 5.74) is 1.31. The van der Waals surface area contributed by atoms with Crippen LogP contribution in [0.2, 0.25) is 10.0 Å². The largest absolute Gasteiger partial charge is 0.422 e. The average molecular weight is 571 g/mol. The maximum absolute atomic E-state index is 13.2. The molecule has 37 heavy (non-hydrogen) atoms. The van der Waals surface area contributed by atoms with Gasteiger partial charge in [0, 0.05) is 51.1 Å². The molecule has 200 valence electrons. The van der Waals surface area contributed by atoms with Crippen LogP contribution in [0.3, 0.4) is 0 Å². The maximum Gasteiger partial charge on any atom is 0.414 e. The van der Waals surface area contributed by atoms with Crippen LogP contribution in [-0.2, 0) is 23.2 Å². The van der Waals surface area contributed by atoms with Gasteiger partial charge in [0.25, 0.3) is 10.2 Å². The minimum absolute atomic E-state index is 0.0612. The van der Waals surface area contributed by atoms with Gasteiger partial charge >= 0.3 is 11.7 Å². The van der Waals surface area contributed by atoms with Crippen molar-refractivity contribution in [1.82, 2.24) is 14.5 Å². The Hall–Kier alpha value is -2.83. The zero-order valence-corrected chi connectivity index (χ0v) is 23.3. The van der Waals surface area contributed by atoms with Gasteiger partial charge < -0.3 is 19.0 Å². The Morgan fingerprint density at radius 1 is 1.14 bits per heavy atom. The second kappa shape index (κ2) is 11.7. The SMILES string of the molecule is CCN(C)Cc1c(Cc2cccc(NS(=O)(=O)NC)c2Cl)c(=O)oc2cc(OC(=O)N(C)C)c(Cl)cc12. The lowest BCUT2D eigenvalue weighted by Gasteiger charge is -2.19. The van der Waals surface area contributed by atoms with Crippen molar-refractivity contribution in [2.45, 2.75) is 19.9 Å². The first-order valence-electron chi connectivity index (χ1n) is 11.2. The van der Waals surface area contributed by atoms with Gasteiger partial charge in [-0.1, -0.05) is 42.3 Å². The first-order chi connectivity index (χ1) is 17.4. The van der Waals surface area contributed by atoms with E-state index < -0.39 is 21.9 Å². The third-order valence-electron chi connectivity index (χ3n) is 5.66. The minimum atomic E-state index is -3.80. The lowest BCUT2D eigenvalue weighted by molar-refractivity contribution is 0.172. The highest BCUT2D eigenvalue weighted by atomic mass is 35.5. The molecule has 0 aliphatic heterocycles. The number of fused-ring (bicyclic) bond motifs is 1. The fraction of sp³-hybridized carbons (Fsp3) is 0.333. The van der Waals surface area contributed by atoms with E-state index in [1.165, 1.54) is 38.2 Å². The third kappa shape index (κ3) is 6.74. The molecule has 13 heteroatoms. The molecule has 0 bridgehead atoms. The Labute approximate surface area is 225 Å². The van der Waals surface area contributed by atoms with E-state index in [0.29, 0.717) is 35.2 Å². The molecule has 2 aromatic carbocycles. The molecule has 3 aromatic rings. The molecule has 10 nitrogen and oxygen atoms in total. The Morgan fingerprint density at radius 2 is 1.84 bits per heavy atom. The molecular weight excluding hydrogens is 543 g/mol. The number of nitrogens with zero attached hydrogens (tertiary/aromatic N) is 2. The zero-order chi connectivity index (χ0) is 27.5. The highest BCUT2D eigenvalue weighted by Gasteiger charge is 2.21. The fourth-order valence-corrected chi connectivity index (χ4v) is 4.55. The first kappa shape index (κ1) is 28.7. The van der Waals surface area contributed by atoms with Crippen molar-refractivity contribution in [2.24, 2.45) is 0 Å². The number of anilines is 1. The summed E-state index contributed by atoms with van der Waals surface area (Å²) < 4.78 is 39.4. The summed E-state index contributed by atoms with van der Waals surface area (Å²) in [4.78, 5) is 28.5. The van der Waals surface area contributed by atoms with Gasteiger partial charge in [-0.15, -0.1) is 0 Å². The van der Waals surface area contributed by atoms with Crippen molar-refractivity contribution in [2.75, 3.05) is 39.5 Å². The predicted molar refractivity (Wildman–Crippen MR) is 145 cm³/mol. The molecule has 0 fully saturated rings. The molecule has 3 rings (SSSR count). The number of nitrogens with one attached hydrogen (secondary N) is 2. The number of carbonyl (C=O) groups is 1. The van der Waals surface area contributed by atoms with E-state index >= 15 is 0 Å². The van der Waals surface area contributed by atoms with Gasteiger partial charge in [-0.05, 0) is 36.9 Å². The van der Waals surface area contributed by atoms with Gasteiger partial charge in [0.15, 0.2) is 5.75 Å². The molecule has 0 atom stereocenters. The number of amides is 1. The smallest absolute Gasteiger partial charge is 0.414 e. The molecule has 0 radical (unpaired) electrons. The van der Waals surface area contributed by atoms with Crippen molar-refractivity contribution in [1.29, 1.82) is 0 Å². The van der Waals surface area contributed by atoms with Gasteiger partial charge in [0.2, 0.25) is 0 Å². The van der Waals surface area contributed by atoms with Crippen molar-refractivity contribution in [3.63, 3.8) is 0 Å². The summed E-state index contributed by atoms with van der Waals surface area (Å²) >= 11 is 13.0. The van der Waals surface area contributed by atoms with Gasteiger partial charge in [-0.25, -0.2) is 14.3 Å². The average Bonchev–Trinajstić information content (AvgIpc) is 2.84. The van der Waals surface area contributed by atoms with Crippen molar-refractivity contribution < 1.29 is 22.4 Å². The molecule has 0 spiro atoms. The van der Waals surface area contributed by atoms with Crippen LogP contribution < -0.4 is 19.8 Å². The third-order valence-corrected chi connectivity index (χ3v) is 7.43. The molecule has 0 saturated heterocycles. The summed E-state index contributed by atoms with van der Waals surface area (Å²) in [7, 11) is 2.45. The van der Waals surface area contributed by atoms with E-state index in [2.05, 4.69) is 9.44 Å². The number of benzene rings is 2. The zero-order valence-electron chi connectivity index (χ0n) is 21.0. The number of carbonyl (C=O) groups excluding carboxylic acids is 1. The van der Waals surface area contributed by atoms with Crippen LogP contribution in [0.5, 0.6) is 5.75 Å². The maximum atomic E-state index is 13.2. The van der Waals surface area contributed by atoms with Crippen LogP contribution in [0, 0.1) is 0 Å². The van der Waals surface area contributed by atoms with Gasteiger partial charge in [0.05, 0.1) is 15.7 Å². The van der Waals surface area contributed by atoms with Gasteiger partial charge in [-0.3, -0.25) is 4.72 Å². The molecule has 1 amide bonds. The van der Waals surface area contributed by atoms with E-state index in [1.54, 1.807) is 18.2 Å². The number of hydrogen-bond donors (Lipinski definition) is 2. The Balaban J connectivity index is 2.16. The lowest BCUT2D eigenvalue weighted by Crippen LogP contribution is -2.26. The van der Waals surface area contributed by atoms with E-state index in [0.717, 1.165) is 0 Å². The van der Waals surface area contributed by atoms with Crippen LogP contribution in [0.1, 0.15) is 23.6 Å². The summed E-state index contributed by atoms with van der Waals surface area (Å²) in [5, 5.41) is 0.900. The van der Waals surface area contributed by atoms with Crippen LogP contribution in [0.4, 0.5) is 10.5 Å². The van der Waals surface area contributed by atoms with Crippen molar-refractivity contribution in [3.8, 4) is 5.75 Å². The molecule has 0 aliphatic rings. The Bertz CT molecular complexity index is 1490. The summed E-state index contributed by atoms with van der Waals surface area (Å²) in [5.74, 6) is 0.0612. The van der Waals surface area contributed by atoms with Gasteiger partial charge in [-0.2, -0.15) is 8.42 Å². The minimum Gasteiger partial charge on any atom is -0.422 e.